The molecule has 0 saturated carbocycles. The van der Waals surface area contributed by atoms with Crippen LogP contribution in [0.3, 0.4) is 0 Å². The molecule has 0 aromatic heterocycles. The number of benzene rings is 1. The van der Waals surface area contributed by atoms with Gasteiger partial charge in [0.15, 0.2) is 17.3 Å². The molecule has 2 fully saturated rings. The number of methoxy groups -OCH3 is 3. The van der Waals surface area contributed by atoms with E-state index in [1.807, 2.05) is 4.90 Å². The number of ketones is 1. The van der Waals surface area contributed by atoms with Crippen LogP contribution in [-0.2, 0) is 9.59 Å². The SMILES string of the molecule is COc1cc(C(=O)C(C)C(=O)N2CCN(CC(=O)N3CCCC3)CC2)cc(OC)c1OC. The third kappa shape index (κ3) is 5.15. The zero-order valence-corrected chi connectivity index (χ0v) is 19.4. The smallest absolute Gasteiger partial charge is 0.236 e. The van der Waals surface area contributed by atoms with Crippen molar-refractivity contribution < 1.29 is 28.6 Å². The van der Waals surface area contributed by atoms with Crippen molar-refractivity contribution in [3.05, 3.63) is 17.7 Å². The molecule has 0 N–H and O–H groups in total. The number of piperazine rings is 1. The van der Waals surface area contributed by atoms with E-state index < -0.39 is 5.92 Å². The van der Waals surface area contributed by atoms with Gasteiger partial charge in [-0.1, -0.05) is 0 Å². The minimum absolute atomic E-state index is 0.160. The van der Waals surface area contributed by atoms with Crippen molar-refractivity contribution in [1.29, 1.82) is 0 Å². The number of rotatable bonds is 8. The molecular formula is C23H33N3O6. The first-order chi connectivity index (χ1) is 15.4. The Hall–Kier alpha value is -2.81. The van der Waals surface area contributed by atoms with Crippen LogP contribution in [0.1, 0.15) is 30.1 Å². The number of hydrogen-bond donors (Lipinski definition) is 0. The van der Waals surface area contributed by atoms with Crippen LogP contribution in [-0.4, -0.2) is 99.4 Å². The maximum atomic E-state index is 13.1. The maximum absolute atomic E-state index is 13.1. The van der Waals surface area contributed by atoms with Gasteiger partial charge in [-0.2, -0.15) is 0 Å². The number of Topliss-reactive ketones (excluding diaryl/α,β-unsaturated/α-hetero) is 1. The van der Waals surface area contributed by atoms with Crippen molar-refractivity contribution in [3.8, 4) is 17.2 Å². The van der Waals surface area contributed by atoms with Crippen LogP contribution in [0.5, 0.6) is 17.2 Å². The van der Waals surface area contributed by atoms with Crippen LogP contribution in [0, 0.1) is 5.92 Å². The van der Waals surface area contributed by atoms with Crippen molar-refractivity contribution in [2.45, 2.75) is 19.8 Å². The van der Waals surface area contributed by atoms with Crippen molar-refractivity contribution in [3.63, 3.8) is 0 Å². The molecule has 0 spiro atoms. The Balaban J connectivity index is 1.60. The summed E-state index contributed by atoms with van der Waals surface area (Å²) in [5.74, 6) is -0.0682. The van der Waals surface area contributed by atoms with Gasteiger partial charge in [0.05, 0.1) is 33.8 Å². The second-order valence-electron chi connectivity index (χ2n) is 8.19. The second kappa shape index (κ2) is 10.7. The minimum atomic E-state index is -0.837. The zero-order chi connectivity index (χ0) is 23.3. The quantitative estimate of drug-likeness (QED) is 0.438. The zero-order valence-electron chi connectivity index (χ0n) is 19.4. The summed E-state index contributed by atoms with van der Waals surface area (Å²) in [5.41, 5.74) is 0.329. The van der Waals surface area contributed by atoms with Crippen LogP contribution < -0.4 is 14.2 Å². The van der Waals surface area contributed by atoms with E-state index in [2.05, 4.69) is 4.90 Å². The predicted molar refractivity (Wildman–Crippen MR) is 118 cm³/mol. The van der Waals surface area contributed by atoms with Crippen LogP contribution in [0.25, 0.3) is 0 Å². The number of hydrogen-bond acceptors (Lipinski definition) is 7. The van der Waals surface area contributed by atoms with Crippen LogP contribution in [0.15, 0.2) is 12.1 Å². The number of ether oxygens (including phenoxy) is 3. The average molecular weight is 448 g/mol. The highest BCUT2D eigenvalue weighted by Crippen LogP contribution is 2.38. The van der Waals surface area contributed by atoms with E-state index >= 15 is 0 Å². The third-order valence-corrected chi connectivity index (χ3v) is 6.21. The molecule has 1 aromatic carbocycles. The summed E-state index contributed by atoms with van der Waals surface area (Å²) in [6.07, 6.45) is 2.15. The van der Waals surface area contributed by atoms with Gasteiger partial charge in [-0.05, 0) is 31.9 Å². The molecule has 2 aliphatic rings. The molecule has 1 aromatic rings. The molecule has 0 radical (unpaired) electrons. The predicted octanol–water partition coefficient (Wildman–Crippen LogP) is 1.30. The van der Waals surface area contributed by atoms with E-state index in [4.69, 9.17) is 14.2 Å². The van der Waals surface area contributed by atoms with Gasteiger partial charge in [0.25, 0.3) is 0 Å². The summed E-state index contributed by atoms with van der Waals surface area (Å²) in [7, 11) is 4.45. The van der Waals surface area contributed by atoms with E-state index in [9.17, 15) is 14.4 Å². The fourth-order valence-electron chi connectivity index (χ4n) is 4.24. The van der Waals surface area contributed by atoms with Crippen LogP contribution >= 0.6 is 0 Å². The van der Waals surface area contributed by atoms with E-state index in [1.165, 1.54) is 21.3 Å². The van der Waals surface area contributed by atoms with Gasteiger partial charge in [-0.3, -0.25) is 19.3 Å². The molecule has 2 amide bonds. The van der Waals surface area contributed by atoms with Crippen molar-refractivity contribution >= 4 is 17.6 Å². The summed E-state index contributed by atoms with van der Waals surface area (Å²) in [6.45, 7) is 5.94. The lowest BCUT2D eigenvalue weighted by atomic mass is 9.97. The molecule has 0 bridgehead atoms. The van der Waals surface area contributed by atoms with Gasteiger partial charge in [-0.25, -0.2) is 0 Å². The van der Waals surface area contributed by atoms with Crippen LogP contribution in [0.2, 0.25) is 0 Å². The van der Waals surface area contributed by atoms with Crippen molar-refractivity contribution in [2.24, 2.45) is 5.92 Å². The fraction of sp³-hybridized carbons (Fsp3) is 0.609. The Morgan fingerprint density at radius 1 is 0.844 bits per heavy atom. The summed E-state index contributed by atoms with van der Waals surface area (Å²) in [4.78, 5) is 44.1. The van der Waals surface area contributed by atoms with E-state index in [0.717, 1.165) is 25.9 Å². The van der Waals surface area contributed by atoms with Crippen LogP contribution in [0.4, 0.5) is 0 Å². The number of amides is 2. The number of carbonyl (C=O) groups excluding carboxylic acids is 3. The van der Waals surface area contributed by atoms with Gasteiger partial charge in [-0.15, -0.1) is 0 Å². The molecule has 9 nitrogen and oxygen atoms in total. The monoisotopic (exact) mass is 447 g/mol. The lowest BCUT2D eigenvalue weighted by Crippen LogP contribution is -2.52. The Morgan fingerprint density at radius 2 is 1.41 bits per heavy atom. The van der Waals surface area contributed by atoms with E-state index in [-0.39, 0.29) is 17.6 Å². The Labute approximate surface area is 189 Å². The largest absolute Gasteiger partial charge is 0.493 e. The average Bonchev–Trinajstić information content (AvgIpc) is 3.37. The van der Waals surface area contributed by atoms with Gasteiger partial charge in [0.2, 0.25) is 17.6 Å². The Bertz CT molecular complexity index is 819. The number of nitrogens with zero attached hydrogens (tertiary/aromatic N) is 3. The van der Waals surface area contributed by atoms with E-state index in [0.29, 0.717) is 55.5 Å². The van der Waals surface area contributed by atoms with Gasteiger partial charge >= 0.3 is 0 Å². The molecule has 9 heteroatoms. The Morgan fingerprint density at radius 3 is 1.91 bits per heavy atom. The second-order valence-corrected chi connectivity index (χ2v) is 8.19. The summed E-state index contributed by atoms with van der Waals surface area (Å²) < 4.78 is 15.9. The molecule has 1 unspecified atom stereocenters. The normalized spacial score (nSPS) is 17.8. The number of likely N-dealkylation sites (tertiary alicyclic amines) is 1. The highest BCUT2D eigenvalue weighted by molar-refractivity contribution is 6.10. The standard InChI is InChI=1S/C23H33N3O6/c1-16(21(28)17-13-18(30-2)22(32-4)19(14-17)31-3)23(29)26-11-9-24(10-12-26)15-20(27)25-7-5-6-8-25/h13-14,16H,5-12,15H2,1-4H3. The molecule has 2 heterocycles. The number of carbonyl (C=O) groups is 3. The minimum Gasteiger partial charge on any atom is -0.493 e. The first kappa shape index (κ1) is 23.8. The van der Waals surface area contributed by atoms with Crippen molar-refractivity contribution in [1.82, 2.24) is 14.7 Å². The van der Waals surface area contributed by atoms with E-state index in [1.54, 1.807) is 24.0 Å². The lowest BCUT2D eigenvalue weighted by molar-refractivity contribution is -0.136. The van der Waals surface area contributed by atoms with Crippen molar-refractivity contribution in [2.75, 3.05) is 67.1 Å². The molecular weight excluding hydrogens is 414 g/mol. The van der Waals surface area contributed by atoms with Gasteiger partial charge in [0.1, 0.15) is 0 Å². The molecule has 1 atom stereocenters. The molecule has 2 saturated heterocycles. The first-order valence-electron chi connectivity index (χ1n) is 11.0. The highest BCUT2D eigenvalue weighted by atomic mass is 16.5. The molecule has 2 aliphatic heterocycles. The van der Waals surface area contributed by atoms with Gasteiger partial charge < -0.3 is 24.0 Å². The molecule has 0 aliphatic carbocycles. The third-order valence-electron chi connectivity index (χ3n) is 6.21. The highest BCUT2D eigenvalue weighted by Gasteiger charge is 2.31. The molecule has 3 rings (SSSR count). The summed E-state index contributed by atoms with van der Waals surface area (Å²) >= 11 is 0. The summed E-state index contributed by atoms with van der Waals surface area (Å²) in [6, 6.07) is 3.13. The Kier molecular flexibility index (Phi) is 7.95. The lowest BCUT2D eigenvalue weighted by Gasteiger charge is -2.36. The fourth-order valence-corrected chi connectivity index (χ4v) is 4.24. The summed E-state index contributed by atoms with van der Waals surface area (Å²) in [5, 5.41) is 0. The molecule has 32 heavy (non-hydrogen) atoms. The molecule has 176 valence electrons. The maximum Gasteiger partial charge on any atom is 0.236 e. The topological polar surface area (TPSA) is 88.6 Å². The first-order valence-corrected chi connectivity index (χ1v) is 11.0. The van der Waals surface area contributed by atoms with Gasteiger partial charge in [0, 0.05) is 44.8 Å².